The second-order valence-electron chi connectivity index (χ2n) is 11.4. The summed E-state index contributed by atoms with van der Waals surface area (Å²) in [6, 6.07) is 5.89. The van der Waals surface area contributed by atoms with Crippen LogP contribution in [0.1, 0.15) is 89.2 Å². The Morgan fingerprint density at radius 3 is 2.80 bits per heavy atom. The zero-order valence-electron chi connectivity index (χ0n) is 22.7. The van der Waals surface area contributed by atoms with Crippen molar-refractivity contribution >= 4 is 0 Å². The maximum absolute atomic E-state index is 14.8. The Morgan fingerprint density at radius 2 is 2.00 bits per heavy atom. The molecule has 2 saturated heterocycles. The van der Waals surface area contributed by atoms with Gasteiger partial charge in [-0.2, -0.15) is 0 Å². The van der Waals surface area contributed by atoms with Gasteiger partial charge in [0, 0.05) is 37.7 Å². The molecule has 0 aromatic heterocycles. The zero-order chi connectivity index (χ0) is 24.9. The number of aryl methyl sites for hydroxylation is 1. The fourth-order valence-electron chi connectivity index (χ4n) is 5.57. The lowest BCUT2D eigenvalue weighted by Crippen LogP contribution is -2.50. The summed E-state index contributed by atoms with van der Waals surface area (Å²) < 4.78 is 14.8. The van der Waals surface area contributed by atoms with E-state index in [9.17, 15) is 4.39 Å². The SMILES string of the molecule is C=C(Cc1ccc(CCCCC2CCCNCC2)cc1F)N1CC(CNCCCCC(C)CC)C1. The summed E-state index contributed by atoms with van der Waals surface area (Å²) in [7, 11) is 0. The van der Waals surface area contributed by atoms with Gasteiger partial charge in [-0.3, -0.25) is 0 Å². The van der Waals surface area contributed by atoms with Crippen molar-refractivity contribution in [3.8, 4) is 0 Å². The van der Waals surface area contributed by atoms with E-state index in [-0.39, 0.29) is 5.82 Å². The number of rotatable bonds is 16. The Hall–Kier alpha value is -1.39. The van der Waals surface area contributed by atoms with Crippen molar-refractivity contribution in [3.05, 3.63) is 47.4 Å². The molecule has 0 aliphatic carbocycles. The number of hydrogen-bond donors (Lipinski definition) is 2. The predicted molar refractivity (Wildman–Crippen MR) is 148 cm³/mol. The average Bonchev–Trinajstić information content (AvgIpc) is 3.10. The number of benzene rings is 1. The molecule has 0 amide bonds. The van der Waals surface area contributed by atoms with E-state index in [2.05, 4.69) is 42.0 Å². The third-order valence-corrected chi connectivity index (χ3v) is 8.37. The number of allylic oxidation sites excluding steroid dienone is 1. The van der Waals surface area contributed by atoms with Crippen LogP contribution in [0.15, 0.2) is 30.5 Å². The van der Waals surface area contributed by atoms with Gasteiger partial charge in [0.05, 0.1) is 0 Å². The van der Waals surface area contributed by atoms with Crippen LogP contribution < -0.4 is 10.6 Å². The van der Waals surface area contributed by atoms with Crippen molar-refractivity contribution in [2.75, 3.05) is 39.3 Å². The van der Waals surface area contributed by atoms with Crippen molar-refractivity contribution in [2.24, 2.45) is 17.8 Å². The Morgan fingerprint density at radius 1 is 1.14 bits per heavy atom. The second kappa shape index (κ2) is 15.7. The van der Waals surface area contributed by atoms with Crippen LogP contribution >= 0.6 is 0 Å². The van der Waals surface area contributed by atoms with Crippen molar-refractivity contribution in [1.29, 1.82) is 0 Å². The standard InChI is InChI=1S/C31H52FN3/c1-4-25(2)10-7-8-17-34-22-29-23-35(24-29)26(3)20-30-15-14-28(21-31(30)32)12-6-5-11-27-13-9-18-33-19-16-27/h14-15,21,25,27,29,33-34H,3-13,16-20,22-24H2,1-2H3. The highest BCUT2D eigenvalue weighted by Crippen LogP contribution is 2.24. The Bertz CT molecular complexity index is 735. The number of likely N-dealkylation sites (tertiary alicyclic amines) is 1. The lowest BCUT2D eigenvalue weighted by Gasteiger charge is -2.42. The molecule has 3 nitrogen and oxygen atoms in total. The highest BCUT2D eigenvalue weighted by molar-refractivity contribution is 5.28. The van der Waals surface area contributed by atoms with Gasteiger partial charge in [-0.05, 0) is 87.2 Å². The molecular formula is C31H52FN3. The Kier molecular flexibility index (Phi) is 12.6. The van der Waals surface area contributed by atoms with Crippen LogP contribution in [-0.4, -0.2) is 44.2 Å². The average molecular weight is 486 g/mol. The van der Waals surface area contributed by atoms with Crippen LogP contribution in [0.4, 0.5) is 4.39 Å². The Balaban J connectivity index is 1.27. The van der Waals surface area contributed by atoms with Gasteiger partial charge in [-0.1, -0.05) is 64.7 Å². The first-order valence-corrected chi connectivity index (χ1v) is 14.7. The van der Waals surface area contributed by atoms with Crippen LogP contribution in [0.5, 0.6) is 0 Å². The number of hydrogen-bond acceptors (Lipinski definition) is 3. The third kappa shape index (κ3) is 10.2. The molecule has 35 heavy (non-hydrogen) atoms. The van der Waals surface area contributed by atoms with Crippen LogP contribution in [0.3, 0.4) is 0 Å². The summed E-state index contributed by atoms with van der Waals surface area (Å²) in [5.74, 6) is 2.38. The monoisotopic (exact) mass is 485 g/mol. The molecule has 0 bridgehead atoms. The summed E-state index contributed by atoms with van der Waals surface area (Å²) in [4.78, 5) is 2.33. The summed E-state index contributed by atoms with van der Waals surface area (Å²) in [5, 5.41) is 7.13. The maximum atomic E-state index is 14.8. The highest BCUT2D eigenvalue weighted by atomic mass is 19.1. The smallest absolute Gasteiger partial charge is 0.127 e. The molecule has 2 fully saturated rings. The molecule has 1 aromatic carbocycles. The molecule has 3 rings (SSSR count). The van der Waals surface area contributed by atoms with Gasteiger partial charge < -0.3 is 15.5 Å². The third-order valence-electron chi connectivity index (χ3n) is 8.37. The van der Waals surface area contributed by atoms with Gasteiger partial charge in [0.1, 0.15) is 5.82 Å². The molecule has 2 N–H and O–H groups in total. The highest BCUT2D eigenvalue weighted by Gasteiger charge is 2.27. The first-order valence-electron chi connectivity index (χ1n) is 14.7. The number of unbranched alkanes of at least 4 members (excludes halogenated alkanes) is 2. The van der Waals surface area contributed by atoms with Gasteiger partial charge in [0.15, 0.2) is 0 Å². The molecule has 0 spiro atoms. The quantitative estimate of drug-likeness (QED) is 0.254. The molecule has 4 heteroatoms. The molecule has 2 heterocycles. The number of nitrogens with one attached hydrogen (secondary N) is 2. The van der Waals surface area contributed by atoms with E-state index in [1.54, 1.807) is 6.07 Å². The maximum Gasteiger partial charge on any atom is 0.127 e. The molecule has 2 aliphatic rings. The van der Waals surface area contributed by atoms with E-state index in [0.717, 1.165) is 67.7 Å². The van der Waals surface area contributed by atoms with E-state index in [0.29, 0.717) is 12.3 Å². The van der Waals surface area contributed by atoms with Crippen LogP contribution in [-0.2, 0) is 12.8 Å². The summed E-state index contributed by atoms with van der Waals surface area (Å²) in [6.07, 6.45) is 14.6. The van der Waals surface area contributed by atoms with Crippen LogP contribution in [0.25, 0.3) is 0 Å². The molecule has 0 saturated carbocycles. The first kappa shape index (κ1) is 28.2. The molecule has 198 valence electrons. The normalized spacial score (nSPS) is 19.9. The minimum absolute atomic E-state index is 0.0605. The summed E-state index contributed by atoms with van der Waals surface area (Å²) in [5.41, 5.74) is 2.98. The molecule has 1 aromatic rings. The van der Waals surface area contributed by atoms with Gasteiger partial charge in [0.2, 0.25) is 0 Å². The topological polar surface area (TPSA) is 27.3 Å². The van der Waals surface area contributed by atoms with E-state index >= 15 is 0 Å². The van der Waals surface area contributed by atoms with Gasteiger partial charge in [0.25, 0.3) is 0 Å². The van der Waals surface area contributed by atoms with Crippen molar-refractivity contribution < 1.29 is 4.39 Å². The van der Waals surface area contributed by atoms with Crippen LogP contribution in [0, 0.1) is 23.6 Å². The fraction of sp³-hybridized carbons (Fsp3) is 0.742. The van der Waals surface area contributed by atoms with Crippen molar-refractivity contribution in [2.45, 2.75) is 90.9 Å². The van der Waals surface area contributed by atoms with Crippen LogP contribution in [0.2, 0.25) is 0 Å². The number of halogens is 1. The van der Waals surface area contributed by atoms with E-state index in [4.69, 9.17) is 0 Å². The van der Waals surface area contributed by atoms with Crippen molar-refractivity contribution in [3.63, 3.8) is 0 Å². The predicted octanol–water partition coefficient (Wildman–Crippen LogP) is 6.72. The van der Waals surface area contributed by atoms with E-state index < -0.39 is 0 Å². The first-order chi connectivity index (χ1) is 17.0. The molecule has 2 aliphatic heterocycles. The summed E-state index contributed by atoms with van der Waals surface area (Å²) >= 11 is 0. The zero-order valence-corrected chi connectivity index (χ0v) is 22.7. The van der Waals surface area contributed by atoms with E-state index in [1.165, 1.54) is 70.9 Å². The van der Waals surface area contributed by atoms with Gasteiger partial charge in [-0.15, -0.1) is 0 Å². The summed E-state index contributed by atoms with van der Waals surface area (Å²) in [6.45, 7) is 15.6. The van der Waals surface area contributed by atoms with Crippen molar-refractivity contribution in [1.82, 2.24) is 15.5 Å². The molecule has 0 radical (unpaired) electrons. The molecular weight excluding hydrogens is 433 g/mol. The Labute approximate surface area is 215 Å². The van der Waals surface area contributed by atoms with Gasteiger partial charge in [-0.25, -0.2) is 4.39 Å². The fourth-order valence-corrected chi connectivity index (χ4v) is 5.57. The molecule has 2 unspecified atom stereocenters. The largest absolute Gasteiger partial charge is 0.374 e. The molecule has 2 atom stereocenters. The van der Waals surface area contributed by atoms with E-state index in [1.807, 2.05) is 6.07 Å². The van der Waals surface area contributed by atoms with Gasteiger partial charge >= 0.3 is 0 Å². The second-order valence-corrected chi connectivity index (χ2v) is 11.4. The number of nitrogens with zero attached hydrogens (tertiary/aromatic N) is 1. The minimum Gasteiger partial charge on any atom is -0.374 e. The lowest BCUT2D eigenvalue weighted by molar-refractivity contribution is 0.138. The lowest BCUT2D eigenvalue weighted by atomic mass is 9.93. The minimum atomic E-state index is -0.0605.